The Morgan fingerprint density at radius 2 is 1.00 bits per heavy atom. The van der Waals surface area contributed by atoms with Gasteiger partial charge < -0.3 is 4.43 Å². The van der Waals surface area contributed by atoms with Gasteiger partial charge in [0.1, 0.15) is 0 Å². The smallest absolute Gasteiger partial charge is 0.353 e. The Morgan fingerprint density at radius 3 is 1.17 bits per heavy atom. The van der Waals surface area contributed by atoms with Crippen LogP contribution < -0.4 is 0 Å². The van der Waals surface area contributed by atoms with E-state index in [9.17, 15) is 0 Å². The molecule has 4 heteroatoms. The number of hydrogen-bond acceptors (Lipinski definition) is 3. The van der Waals surface area contributed by atoms with Gasteiger partial charge in [-0.1, -0.05) is 27.7 Å². The largest absolute Gasteiger partial charge is 0.395 e. The molecule has 0 aromatic rings. The molecule has 0 N–H and O–H groups in total. The summed E-state index contributed by atoms with van der Waals surface area (Å²) in [6.07, 6.45) is 4.83. The Labute approximate surface area is 116 Å². The minimum Gasteiger partial charge on any atom is -0.395 e. The lowest BCUT2D eigenvalue weighted by Crippen LogP contribution is -2.66. The summed E-state index contributed by atoms with van der Waals surface area (Å²) in [5, 5.41) is 0. The van der Waals surface area contributed by atoms with Crippen molar-refractivity contribution < 1.29 is 4.43 Å². The maximum absolute atomic E-state index is 6.06. The number of rotatable bonds is 11. The van der Waals surface area contributed by atoms with Crippen molar-refractivity contribution in [2.45, 2.75) is 59.9 Å². The van der Waals surface area contributed by atoms with Gasteiger partial charge in [-0.15, -0.1) is 0 Å². The molecule has 0 atom stereocenters. The number of nitrogens with zero attached hydrogens (tertiary/aromatic N) is 2. The Bertz CT molecular complexity index is 174. The Kier molecular flexibility index (Phi) is 10.0. The van der Waals surface area contributed by atoms with Crippen molar-refractivity contribution in [1.82, 2.24) is 9.13 Å². The van der Waals surface area contributed by atoms with Crippen LogP contribution in [0, 0.1) is 0 Å². The predicted molar refractivity (Wildman–Crippen MR) is 82.9 cm³/mol. The fourth-order valence-corrected chi connectivity index (χ4v) is 6.06. The zero-order valence-electron chi connectivity index (χ0n) is 13.5. The molecule has 0 fully saturated rings. The van der Waals surface area contributed by atoms with Crippen LogP contribution in [0.5, 0.6) is 0 Å². The first-order valence-corrected chi connectivity index (χ1v) is 9.96. The molecule has 0 aliphatic carbocycles. The van der Waals surface area contributed by atoms with Gasteiger partial charge in [-0.3, -0.25) is 9.13 Å². The van der Waals surface area contributed by atoms with Crippen LogP contribution in [-0.4, -0.2) is 51.1 Å². The van der Waals surface area contributed by atoms with Crippen molar-refractivity contribution in [3.63, 3.8) is 0 Å². The summed E-state index contributed by atoms with van der Waals surface area (Å²) < 4.78 is 11.3. The highest BCUT2D eigenvalue weighted by Gasteiger charge is 2.41. The average molecular weight is 275 g/mol. The van der Waals surface area contributed by atoms with E-state index in [0.29, 0.717) is 0 Å². The van der Waals surface area contributed by atoms with Crippen molar-refractivity contribution in [2.75, 3.05) is 33.3 Å². The summed E-state index contributed by atoms with van der Waals surface area (Å²) in [5.41, 5.74) is 0. The van der Waals surface area contributed by atoms with Gasteiger partial charge in [0.05, 0.1) is 0 Å². The normalized spacial score (nSPS) is 12.7. The lowest BCUT2D eigenvalue weighted by atomic mass is 10.4. The maximum Gasteiger partial charge on any atom is 0.353 e. The molecule has 18 heavy (non-hydrogen) atoms. The number of hydrogen-bond donors (Lipinski definition) is 0. The van der Waals surface area contributed by atoms with E-state index in [0.717, 1.165) is 26.2 Å². The molecule has 110 valence electrons. The van der Waals surface area contributed by atoms with Gasteiger partial charge in [-0.05, 0) is 58.4 Å². The molecule has 0 aliphatic heterocycles. The van der Waals surface area contributed by atoms with Crippen LogP contribution in [0.15, 0.2) is 0 Å². The highest BCUT2D eigenvalue weighted by atomic mass is 28.4. The molecule has 0 rings (SSSR count). The molecule has 0 saturated carbocycles. The van der Waals surface area contributed by atoms with Gasteiger partial charge in [0, 0.05) is 7.11 Å². The molecule has 0 radical (unpaired) electrons. The average Bonchev–Trinajstić information content (AvgIpc) is 2.37. The predicted octanol–water partition coefficient (Wildman–Crippen LogP) is 3.45. The van der Waals surface area contributed by atoms with Crippen LogP contribution in [0.1, 0.15) is 53.4 Å². The zero-order chi connectivity index (χ0) is 14.0. The van der Waals surface area contributed by atoms with Gasteiger partial charge in [0.25, 0.3) is 0 Å². The summed E-state index contributed by atoms with van der Waals surface area (Å²) in [6.45, 7) is 16.1. The monoisotopic (exact) mass is 274 g/mol. The van der Waals surface area contributed by atoms with E-state index in [2.05, 4.69) is 43.4 Å². The van der Waals surface area contributed by atoms with Gasteiger partial charge in [0.2, 0.25) is 0 Å². The first-order valence-electron chi connectivity index (χ1n) is 7.65. The van der Waals surface area contributed by atoms with Gasteiger partial charge >= 0.3 is 8.64 Å². The minimum absolute atomic E-state index is 1.16. The molecular formula is C14H34N2OSi. The Balaban J connectivity index is 4.96. The summed E-state index contributed by atoms with van der Waals surface area (Å²) >= 11 is 0. The van der Waals surface area contributed by atoms with Crippen LogP contribution in [0.2, 0.25) is 6.55 Å². The van der Waals surface area contributed by atoms with Gasteiger partial charge in [-0.2, -0.15) is 0 Å². The van der Waals surface area contributed by atoms with E-state index in [1.165, 1.54) is 25.7 Å². The van der Waals surface area contributed by atoms with Crippen LogP contribution in [0.3, 0.4) is 0 Å². The lowest BCUT2D eigenvalue weighted by molar-refractivity contribution is 0.204. The SMILES string of the molecule is CCCN(CCC)[Si](C)(OC)N(CCC)CCC. The fraction of sp³-hybridized carbons (Fsp3) is 1.00. The highest BCUT2D eigenvalue weighted by molar-refractivity contribution is 6.66. The van der Waals surface area contributed by atoms with Crippen LogP contribution in [0.25, 0.3) is 0 Å². The van der Waals surface area contributed by atoms with E-state index in [1.54, 1.807) is 0 Å². The molecule has 0 aromatic heterocycles. The molecule has 0 aliphatic rings. The maximum atomic E-state index is 6.06. The van der Waals surface area contributed by atoms with Gasteiger partial charge in [-0.25, -0.2) is 0 Å². The van der Waals surface area contributed by atoms with Crippen molar-refractivity contribution in [3.8, 4) is 0 Å². The molecule has 0 bridgehead atoms. The van der Waals surface area contributed by atoms with E-state index in [4.69, 9.17) is 4.43 Å². The molecular weight excluding hydrogens is 240 g/mol. The van der Waals surface area contributed by atoms with Crippen LogP contribution in [-0.2, 0) is 4.43 Å². The van der Waals surface area contributed by atoms with Crippen molar-refractivity contribution in [2.24, 2.45) is 0 Å². The van der Waals surface area contributed by atoms with Crippen molar-refractivity contribution in [3.05, 3.63) is 0 Å². The molecule has 0 unspecified atom stereocenters. The van der Waals surface area contributed by atoms with E-state index in [1.807, 2.05) is 7.11 Å². The third-order valence-electron chi connectivity index (χ3n) is 3.53. The zero-order valence-corrected chi connectivity index (χ0v) is 14.5. The lowest BCUT2D eigenvalue weighted by Gasteiger charge is -2.44. The summed E-state index contributed by atoms with van der Waals surface area (Å²) in [5.74, 6) is 0. The molecule has 0 amide bonds. The minimum atomic E-state index is -1.90. The second-order valence-electron chi connectivity index (χ2n) is 5.11. The van der Waals surface area contributed by atoms with Crippen molar-refractivity contribution in [1.29, 1.82) is 0 Å². The van der Waals surface area contributed by atoms with Crippen LogP contribution in [0.4, 0.5) is 0 Å². The second-order valence-corrected chi connectivity index (χ2v) is 8.65. The third-order valence-corrected chi connectivity index (χ3v) is 7.55. The third kappa shape index (κ3) is 5.00. The first kappa shape index (κ1) is 18.1. The molecule has 0 heterocycles. The molecule has 0 saturated heterocycles. The fourth-order valence-electron chi connectivity index (χ4n) is 2.59. The summed E-state index contributed by atoms with van der Waals surface area (Å²) in [4.78, 5) is 0. The highest BCUT2D eigenvalue weighted by Crippen LogP contribution is 2.18. The summed E-state index contributed by atoms with van der Waals surface area (Å²) in [7, 11) is 0.00614. The first-order chi connectivity index (χ1) is 8.60. The van der Waals surface area contributed by atoms with Gasteiger partial charge in [0.15, 0.2) is 0 Å². The second kappa shape index (κ2) is 9.95. The quantitative estimate of drug-likeness (QED) is 0.537. The Morgan fingerprint density at radius 1 is 0.722 bits per heavy atom. The Hall–Kier alpha value is 0.0969. The van der Waals surface area contributed by atoms with Crippen molar-refractivity contribution >= 4 is 8.64 Å². The molecule has 0 aromatic carbocycles. The van der Waals surface area contributed by atoms with Crippen LogP contribution >= 0.6 is 0 Å². The molecule has 3 nitrogen and oxygen atoms in total. The van der Waals surface area contributed by atoms with E-state index in [-0.39, 0.29) is 0 Å². The van der Waals surface area contributed by atoms with E-state index < -0.39 is 8.64 Å². The van der Waals surface area contributed by atoms with E-state index >= 15 is 0 Å². The topological polar surface area (TPSA) is 15.7 Å². The molecule has 0 spiro atoms. The standard InChI is InChI=1S/C14H34N2OSi/c1-7-11-15(12-8-2)18(6,17-5)16(13-9-3)14-10-4/h7-14H2,1-6H3. The summed E-state index contributed by atoms with van der Waals surface area (Å²) in [6, 6.07) is 0.